The van der Waals surface area contributed by atoms with Crippen LogP contribution in [0.4, 0.5) is 15.8 Å². The Morgan fingerprint density at radius 1 is 1.11 bits per heavy atom. The third kappa shape index (κ3) is 4.44. The van der Waals surface area contributed by atoms with E-state index in [-0.39, 0.29) is 38.8 Å². The Bertz CT molecular complexity index is 1560. The molecule has 0 spiro atoms. The fourth-order valence-electron chi connectivity index (χ4n) is 4.68. The number of rotatable bonds is 4. The van der Waals surface area contributed by atoms with Gasteiger partial charge >= 0.3 is 0 Å². The molecule has 1 saturated heterocycles. The highest BCUT2D eigenvalue weighted by atomic mass is 35.5. The van der Waals surface area contributed by atoms with Gasteiger partial charge in [0.05, 0.1) is 16.1 Å². The fraction of sp³-hybridized carbons (Fsp3) is 0.231. The number of aromatic nitrogens is 1. The average Bonchev–Trinajstić information content (AvgIpc) is 3.18. The fourth-order valence-corrected chi connectivity index (χ4v) is 6.19. The summed E-state index contributed by atoms with van der Waals surface area (Å²) in [5.41, 5.74) is 1.85. The molecule has 1 amide bonds. The number of nitrogens with one attached hydrogen (secondary N) is 1. The summed E-state index contributed by atoms with van der Waals surface area (Å²) in [4.78, 5) is 28.0. The number of hydrogen-bond acceptors (Lipinski definition) is 5. The Hall–Kier alpha value is -3.43. The van der Waals surface area contributed by atoms with Crippen LogP contribution in [-0.4, -0.2) is 36.9 Å². The molecule has 0 unspecified atom stereocenters. The van der Waals surface area contributed by atoms with Gasteiger partial charge in [0.2, 0.25) is 9.84 Å². The molecule has 2 aromatic carbocycles. The maximum absolute atomic E-state index is 13.6. The smallest absolute Gasteiger partial charge is 0.271 e. The van der Waals surface area contributed by atoms with E-state index in [1.807, 2.05) is 0 Å². The van der Waals surface area contributed by atoms with Crippen LogP contribution >= 0.6 is 11.6 Å². The molecular formula is C26H23ClFN3O4S. The lowest BCUT2D eigenvalue weighted by Crippen LogP contribution is -2.39. The Kier molecular flexibility index (Phi) is 6.22. The van der Waals surface area contributed by atoms with E-state index in [0.29, 0.717) is 24.3 Å². The van der Waals surface area contributed by atoms with Gasteiger partial charge in [-0.3, -0.25) is 9.59 Å². The van der Waals surface area contributed by atoms with Crippen LogP contribution in [0.2, 0.25) is 5.02 Å². The van der Waals surface area contributed by atoms with Crippen LogP contribution in [-0.2, 0) is 16.9 Å². The zero-order valence-electron chi connectivity index (χ0n) is 19.4. The summed E-state index contributed by atoms with van der Waals surface area (Å²) in [7, 11) is -2.02. The van der Waals surface area contributed by atoms with Gasteiger partial charge < -0.3 is 14.8 Å². The number of amides is 1. The SMILES string of the molecule is Cn1cc(C(=O)N2CCC(c3ccc(F)cc3)CC2)c(Nc2ccc3c(c2)S(=O)(=O)C=C3)c(Cl)c1=O. The highest BCUT2D eigenvalue weighted by Crippen LogP contribution is 2.34. The number of piperidine rings is 1. The zero-order chi connectivity index (χ0) is 25.6. The molecular weight excluding hydrogens is 505 g/mol. The second kappa shape index (κ2) is 9.22. The zero-order valence-corrected chi connectivity index (χ0v) is 20.9. The third-order valence-electron chi connectivity index (χ3n) is 6.69. The van der Waals surface area contributed by atoms with Crippen LogP contribution in [0, 0.1) is 5.82 Å². The summed E-state index contributed by atoms with van der Waals surface area (Å²) >= 11 is 6.40. The monoisotopic (exact) mass is 527 g/mol. The van der Waals surface area contributed by atoms with E-state index < -0.39 is 15.4 Å². The minimum atomic E-state index is -3.53. The van der Waals surface area contributed by atoms with Crippen LogP contribution in [0.1, 0.15) is 40.2 Å². The molecule has 0 radical (unpaired) electrons. The van der Waals surface area contributed by atoms with E-state index in [9.17, 15) is 22.4 Å². The van der Waals surface area contributed by atoms with Crippen molar-refractivity contribution in [3.8, 4) is 0 Å². The summed E-state index contributed by atoms with van der Waals surface area (Å²) in [6, 6.07) is 11.2. The molecule has 2 aliphatic heterocycles. The predicted octanol–water partition coefficient (Wildman–Crippen LogP) is 4.70. The molecule has 0 saturated carbocycles. The van der Waals surface area contributed by atoms with Crippen molar-refractivity contribution in [2.45, 2.75) is 23.7 Å². The molecule has 3 heterocycles. The highest BCUT2D eigenvalue weighted by molar-refractivity contribution is 7.94. The lowest BCUT2D eigenvalue weighted by atomic mass is 9.89. The van der Waals surface area contributed by atoms with Gasteiger partial charge in [0.1, 0.15) is 10.8 Å². The summed E-state index contributed by atoms with van der Waals surface area (Å²) < 4.78 is 39.1. The van der Waals surface area contributed by atoms with Gasteiger partial charge in [-0.2, -0.15) is 0 Å². The minimum absolute atomic E-state index is 0.133. The van der Waals surface area contributed by atoms with Gasteiger partial charge in [-0.15, -0.1) is 0 Å². The maximum atomic E-state index is 13.6. The van der Waals surface area contributed by atoms with E-state index in [4.69, 9.17) is 11.6 Å². The summed E-state index contributed by atoms with van der Waals surface area (Å²) in [5.74, 6) is -0.351. The lowest BCUT2D eigenvalue weighted by molar-refractivity contribution is 0.0713. The minimum Gasteiger partial charge on any atom is -0.353 e. The van der Waals surface area contributed by atoms with Crippen LogP contribution < -0.4 is 10.9 Å². The normalized spacial score (nSPS) is 16.7. The number of nitrogens with zero attached hydrogens (tertiary/aromatic N) is 2. The topological polar surface area (TPSA) is 88.5 Å². The molecule has 1 fully saturated rings. The predicted molar refractivity (Wildman–Crippen MR) is 137 cm³/mol. The number of sulfone groups is 1. The summed E-state index contributed by atoms with van der Waals surface area (Å²) in [5, 5.41) is 3.99. The largest absolute Gasteiger partial charge is 0.353 e. The van der Waals surface area contributed by atoms with E-state index in [2.05, 4.69) is 5.32 Å². The van der Waals surface area contributed by atoms with Crippen molar-refractivity contribution in [3.05, 3.63) is 92.0 Å². The third-order valence-corrected chi connectivity index (χ3v) is 8.50. The van der Waals surface area contributed by atoms with Crippen molar-refractivity contribution < 1.29 is 17.6 Å². The van der Waals surface area contributed by atoms with Crippen molar-refractivity contribution in [2.24, 2.45) is 7.05 Å². The Morgan fingerprint density at radius 2 is 1.81 bits per heavy atom. The molecule has 2 aliphatic rings. The standard InChI is InChI=1S/C26H23ClFN3O4S/c1-30-15-21(25(32)31-11-8-17(9-12-31)16-2-5-19(28)6-3-16)24(23(27)26(30)33)29-20-7-4-18-10-13-36(34,35)22(18)14-20/h2-7,10,13-15,17,29H,8-9,11-12H2,1H3. The average molecular weight is 528 g/mol. The molecule has 0 atom stereocenters. The number of hydrogen-bond donors (Lipinski definition) is 1. The quantitative estimate of drug-likeness (QED) is 0.531. The Labute approximate surface area is 212 Å². The number of likely N-dealkylation sites (tertiary alicyclic amines) is 1. The van der Waals surface area contributed by atoms with Gasteiger partial charge in [-0.25, -0.2) is 12.8 Å². The van der Waals surface area contributed by atoms with E-state index in [1.54, 1.807) is 29.2 Å². The Morgan fingerprint density at radius 3 is 2.50 bits per heavy atom. The molecule has 10 heteroatoms. The number of benzene rings is 2. The molecule has 1 aromatic heterocycles. The number of halogens is 2. The number of pyridine rings is 1. The summed E-state index contributed by atoms with van der Waals surface area (Å²) in [6.07, 6.45) is 4.39. The molecule has 3 aromatic rings. The van der Waals surface area contributed by atoms with E-state index >= 15 is 0 Å². The number of anilines is 2. The van der Waals surface area contributed by atoms with Gasteiger partial charge in [0.15, 0.2) is 0 Å². The van der Waals surface area contributed by atoms with Gasteiger partial charge in [-0.05, 0) is 60.2 Å². The first-order chi connectivity index (χ1) is 17.1. The molecule has 1 N–H and O–H groups in total. The number of fused-ring (bicyclic) bond motifs is 1. The number of carbonyl (C=O) groups is 1. The first-order valence-corrected chi connectivity index (χ1v) is 13.3. The first-order valence-electron chi connectivity index (χ1n) is 11.4. The van der Waals surface area contributed by atoms with Gasteiger partial charge in [0.25, 0.3) is 11.5 Å². The van der Waals surface area contributed by atoms with Crippen molar-refractivity contribution in [2.75, 3.05) is 18.4 Å². The molecule has 7 nitrogen and oxygen atoms in total. The van der Waals surface area contributed by atoms with Gasteiger partial charge in [-0.1, -0.05) is 29.8 Å². The molecule has 0 bridgehead atoms. The molecule has 36 heavy (non-hydrogen) atoms. The molecule has 5 rings (SSSR count). The Balaban J connectivity index is 1.42. The second-order valence-electron chi connectivity index (χ2n) is 8.99. The highest BCUT2D eigenvalue weighted by Gasteiger charge is 2.28. The first kappa shape index (κ1) is 24.3. The van der Waals surface area contributed by atoms with Crippen molar-refractivity contribution in [1.29, 1.82) is 0 Å². The van der Waals surface area contributed by atoms with Crippen LogP contribution in [0.5, 0.6) is 0 Å². The van der Waals surface area contributed by atoms with E-state index in [1.165, 1.54) is 42.1 Å². The van der Waals surface area contributed by atoms with E-state index in [0.717, 1.165) is 23.8 Å². The number of carbonyl (C=O) groups excluding carboxylic acids is 1. The van der Waals surface area contributed by atoms with Crippen molar-refractivity contribution in [3.63, 3.8) is 0 Å². The van der Waals surface area contributed by atoms with Gasteiger partial charge in [0, 0.05) is 37.4 Å². The summed E-state index contributed by atoms with van der Waals surface area (Å²) in [6.45, 7) is 0.979. The molecule has 186 valence electrons. The second-order valence-corrected chi connectivity index (χ2v) is 11.2. The lowest BCUT2D eigenvalue weighted by Gasteiger charge is -2.33. The molecule has 0 aliphatic carbocycles. The van der Waals surface area contributed by atoms with Crippen LogP contribution in [0.3, 0.4) is 0 Å². The maximum Gasteiger partial charge on any atom is 0.271 e. The number of aryl methyl sites for hydroxylation is 1. The van der Waals surface area contributed by atoms with Crippen LogP contribution in [0.25, 0.3) is 6.08 Å². The van der Waals surface area contributed by atoms with Crippen molar-refractivity contribution in [1.82, 2.24) is 9.47 Å². The van der Waals surface area contributed by atoms with Crippen LogP contribution in [0.15, 0.2) is 63.8 Å². The van der Waals surface area contributed by atoms with Crippen molar-refractivity contribution >= 4 is 44.8 Å².